The van der Waals surface area contributed by atoms with E-state index in [1.54, 1.807) is 0 Å². The molecule has 0 saturated heterocycles. The number of aromatic carboxylic acids is 2. The zero-order valence-corrected chi connectivity index (χ0v) is 10.7. The molecule has 0 aliphatic heterocycles. The predicted octanol–water partition coefficient (Wildman–Crippen LogP) is 3.28. The summed E-state index contributed by atoms with van der Waals surface area (Å²) in [6.07, 6.45) is 0. The van der Waals surface area contributed by atoms with E-state index >= 15 is 0 Å². The van der Waals surface area contributed by atoms with E-state index in [4.69, 9.17) is 10.2 Å². The summed E-state index contributed by atoms with van der Waals surface area (Å²) in [5.41, 5.74) is -0.619. The normalized spacial score (nSPS) is 10.1. The molecule has 0 bridgehead atoms. The molecule has 2 aromatic carbocycles. The minimum absolute atomic E-state index is 0.0664. The summed E-state index contributed by atoms with van der Waals surface area (Å²) in [5, 5.41) is 17.8. The smallest absolute Gasteiger partial charge is 0.339 e. The highest BCUT2D eigenvalue weighted by molar-refractivity contribution is 5.95. The monoisotopic (exact) mass is 310 g/mol. The van der Waals surface area contributed by atoms with Crippen molar-refractivity contribution in [2.75, 3.05) is 0 Å². The molecule has 0 spiro atoms. The Morgan fingerprint density at radius 3 is 2.14 bits per heavy atom. The van der Waals surface area contributed by atoms with Crippen molar-refractivity contribution in [3.05, 3.63) is 47.5 Å². The molecule has 0 amide bonds. The number of carboxylic acids is 2. The Morgan fingerprint density at radius 1 is 0.909 bits per heavy atom. The molecular formula is C14H8F2O6. The second-order valence-corrected chi connectivity index (χ2v) is 4.16. The largest absolute Gasteiger partial charge is 0.478 e. The van der Waals surface area contributed by atoms with Crippen molar-refractivity contribution in [1.29, 1.82) is 0 Å². The summed E-state index contributed by atoms with van der Waals surface area (Å²) in [6, 6.07) is 7.46. The van der Waals surface area contributed by atoms with Crippen molar-refractivity contribution in [1.82, 2.24) is 0 Å². The second kappa shape index (κ2) is 6.08. The van der Waals surface area contributed by atoms with Gasteiger partial charge in [0.05, 0.1) is 5.56 Å². The Labute approximate surface area is 121 Å². The predicted molar refractivity (Wildman–Crippen MR) is 69.3 cm³/mol. The summed E-state index contributed by atoms with van der Waals surface area (Å²) in [6.45, 7) is 0. The van der Waals surface area contributed by atoms with Crippen molar-refractivity contribution in [2.45, 2.75) is 0 Å². The molecule has 6 nitrogen and oxygen atoms in total. The topological polar surface area (TPSA) is 93.1 Å². The van der Waals surface area contributed by atoms with E-state index in [9.17, 15) is 18.6 Å². The van der Waals surface area contributed by atoms with Crippen molar-refractivity contribution in [3.63, 3.8) is 0 Å². The summed E-state index contributed by atoms with van der Waals surface area (Å²) in [5.74, 6) is -4.51. The number of rotatable bonds is 5. The minimum atomic E-state index is -1.54. The molecule has 0 unspecified atom stereocenters. The van der Waals surface area contributed by atoms with Crippen LogP contribution in [0.15, 0.2) is 36.4 Å². The van der Waals surface area contributed by atoms with E-state index in [0.717, 1.165) is 12.1 Å². The van der Waals surface area contributed by atoms with Crippen molar-refractivity contribution < 1.29 is 38.7 Å². The van der Waals surface area contributed by atoms with Crippen LogP contribution in [-0.4, -0.2) is 22.2 Å². The van der Waals surface area contributed by atoms with Gasteiger partial charge in [-0.05, 0) is 29.8 Å². The lowest BCUT2D eigenvalue weighted by Crippen LogP contribution is -2.02. The molecule has 0 atom stereocenters. The molecular weight excluding hydrogens is 302 g/mol. The summed E-state index contributed by atoms with van der Waals surface area (Å²) in [7, 11) is 0. The lowest BCUT2D eigenvalue weighted by molar-refractivity contribution is -0.0390. The van der Waals surface area contributed by atoms with E-state index < -0.39 is 29.0 Å². The first kappa shape index (κ1) is 15.2. The van der Waals surface area contributed by atoms with Crippen LogP contribution in [0.2, 0.25) is 0 Å². The van der Waals surface area contributed by atoms with Crippen LogP contribution in [0.3, 0.4) is 0 Å². The molecule has 2 aromatic rings. The quantitative estimate of drug-likeness (QED) is 0.880. The van der Waals surface area contributed by atoms with Crippen molar-refractivity contribution >= 4 is 11.9 Å². The van der Waals surface area contributed by atoms with Crippen LogP contribution >= 0.6 is 0 Å². The van der Waals surface area contributed by atoms with Crippen LogP contribution in [0.1, 0.15) is 20.7 Å². The van der Waals surface area contributed by atoms with Gasteiger partial charge in [0.15, 0.2) is 0 Å². The molecule has 8 heteroatoms. The van der Waals surface area contributed by atoms with Gasteiger partial charge >= 0.3 is 11.9 Å². The van der Waals surface area contributed by atoms with Gasteiger partial charge in [-0.15, -0.1) is 0 Å². The van der Waals surface area contributed by atoms with Gasteiger partial charge in [0.2, 0.25) is 11.5 Å². The van der Waals surface area contributed by atoms with E-state index in [1.165, 1.54) is 24.3 Å². The number of benzene rings is 2. The summed E-state index contributed by atoms with van der Waals surface area (Å²) in [4.78, 5) is 28.8. The van der Waals surface area contributed by atoms with Crippen LogP contribution in [0.25, 0.3) is 11.1 Å². The molecule has 0 heterocycles. The third-order valence-electron chi connectivity index (χ3n) is 2.92. The van der Waals surface area contributed by atoms with Gasteiger partial charge in [-0.25, -0.2) is 9.59 Å². The van der Waals surface area contributed by atoms with Crippen molar-refractivity contribution in [2.24, 2.45) is 0 Å². The third-order valence-corrected chi connectivity index (χ3v) is 2.92. The molecule has 0 radical (unpaired) electrons. The van der Waals surface area contributed by atoms with Gasteiger partial charge in [0.25, 0.3) is 0 Å². The first-order chi connectivity index (χ1) is 10.5. The first-order valence-electron chi connectivity index (χ1n) is 5.80. The average Bonchev–Trinajstić information content (AvgIpc) is 2.53. The lowest BCUT2D eigenvalue weighted by Gasteiger charge is -2.10. The van der Waals surface area contributed by atoms with Crippen LogP contribution < -0.4 is 9.88 Å². The highest BCUT2D eigenvalue weighted by Gasteiger charge is 2.24. The molecule has 2 N–H and O–H groups in total. The van der Waals surface area contributed by atoms with E-state index in [0.29, 0.717) is 0 Å². The molecule has 0 saturated carbocycles. The Kier molecular flexibility index (Phi) is 4.21. The van der Waals surface area contributed by atoms with Crippen LogP contribution in [0, 0.1) is 0 Å². The molecule has 0 aliphatic rings. The molecule has 0 fully saturated rings. The fraction of sp³-hybridized carbons (Fsp3) is 0. The SMILES string of the molecule is O=C(O)c1cccc(-c2ccc(C(=O)O)c(OF)c2OF)c1. The third kappa shape index (κ3) is 2.66. The van der Waals surface area contributed by atoms with Gasteiger partial charge in [-0.2, -0.15) is 0 Å². The Bertz CT molecular complexity index is 744. The Balaban J connectivity index is 2.68. The zero-order valence-electron chi connectivity index (χ0n) is 10.7. The van der Waals surface area contributed by atoms with Gasteiger partial charge in [-0.1, -0.05) is 12.1 Å². The van der Waals surface area contributed by atoms with Gasteiger partial charge in [-0.3, -0.25) is 9.88 Å². The Morgan fingerprint density at radius 2 is 1.59 bits per heavy atom. The number of carbonyl (C=O) groups is 2. The number of hydrogen-bond donors (Lipinski definition) is 2. The maximum atomic E-state index is 12.8. The van der Waals surface area contributed by atoms with Gasteiger partial charge in [0, 0.05) is 14.6 Å². The molecule has 0 aromatic heterocycles. The molecule has 114 valence electrons. The van der Waals surface area contributed by atoms with E-state index in [2.05, 4.69) is 9.88 Å². The summed E-state index contributed by atoms with van der Waals surface area (Å²) < 4.78 is 25.4. The van der Waals surface area contributed by atoms with E-state index in [1.807, 2.05) is 0 Å². The van der Waals surface area contributed by atoms with Gasteiger partial charge < -0.3 is 10.2 Å². The van der Waals surface area contributed by atoms with Crippen LogP contribution in [-0.2, 0) is 0 Å². The summed E-state index contributed by atoms with van der Waals surface area (Å²) >= 11 is 0. The molecule has 2 rings (SSSR count). The number of hydrogen-bond acceptors (Lipinski definition) is 4. The standard InChI is InChI=1S/C14H8F2O6/c15-21-11-9(4-5-10(14(19)20)12(11)22-16)7-2-1-3-8(6-7)13(17)18/h1-6H,(H,17,18)(H,19,20). The fourth-order valence-electron chi connectivity index (χ4n) is 1.93. The fourth-order valence-corrected chi connectivity index (χ4v) is 1.93. The second-order valence-electron chi connectivity index (χ2n) is 4.16. The molecule has 22 heavy (non-hydrogen) atoms. The maximum Gasteiger partial charge on any atom is 0.339 e. The minimum Gasteiger partial charge on any atom is -0.478 e. The first-order valence-corrected chi connectivity index (χ1v) is 5.80. The lowest BCUT2D eigenvalue weighted by atomic mass is 9.99. The highest BCUT2D eigenvalue weighted by Crippen LogP contribution is 2.41. The van der Waals surface area contributed by atoms with Crippen molar-refractivity contribution in [3.8, 4) is 22.6 Å². The number of carboxylic acid groups (broad SMARTS) is 2. The zero-order chi connectivity index (χ0) is 16.3. The Hall–Kier alpha value is -3.16. The van der Waals surface area contributed by atoms with Gasteiger partial charge in [0.1, 0.15) is 5.56 Å². The van der Waals surface area contributed by atoms with Crippen LogP contribution in [0.4, 0.5) is 9.05 Å². The molecule has 0 aliphatic carbocycles. The highest BCUT2D eigenvalue weighted by atomic mass is 19.3. The van der Waals surface area contributed by atoms with E-state index in [-0.39, 0.29) is 16.7 Å². The number of halogens is 2. The maximum absolute atomic E-state index is 12.8. The average molecular weight is 310 g/mol. The van der Waals surface area contributed by atoms with Crippen LogP contribution in [0.5, 0.6) is 11.5 Å².